The minimum Gasteiger partial charge on any atom is -0.312 e. The van der Waals surface area contributed by atoms with E-state index in [0.29, 0.717) is 23.6 Å². The zero-order valence-electron chi connectivity index (χ0n) is 12.3. The summed E-state index contributed by atoms with van der Waals surface area (Å²) >= 11 is 0. The van der Waals surface area contributed by atoms with E-state index in [-0.39, 0.29) is 6.04 Å². The van der Waals surface area contributed by atoms with Crippen molar-refractivity contribution >= 4 is 9.84 Å². The number of sulfone groups is 1. The van der Waals surface area contributed by atoms with Crippen LogP contribution in [0.1, 0.15) is 45.4 Å². The van der Waals surface area contributed by atoms with Crippen molar-refractivity contribution < 1.29 is 8.42 Å². The van der Waals surface area contributed by atoms with Gasteiger partial charge < -0.3 is 5.32 Å². The molecule has 0 amide bonds. The Labute approximate surface area is 117 Å². The Hall–Kier alpha value is -0.130. The first-order valence-corrected chi connectivity index (χ1v) is 9.46. The summed E-state index contributed by atoms with van der Waals surface area (Å²) in [7, 11) is -0.703. The van der Waals surface area contributed by atoms with Crippen LogP contribution in [0.25, 0.3) is 0 Å². The predicted octanol–water partition coefficient (Wildman–Crippen LogP) is 1.42. The van der Waals surface area contributed by atoms with Crippen molar-refractivity contribution in [1.29, 1.82) is 0 Å². The Balaban J connectivity index is 1.74. The van der Waals surface area contributed by atoms with Gasteiger partial charge in [-0.05, 0) is 33.2 Å². The minimum absolute atomic E-state index is 0.216. The van der Waals surface area contributed by atoms with E-state index in [4.69, 9.17) is 0 Å². The van der Waals surface area contributed by atoms with Gasteiger partial charge in [-0.1, -0.05) is 19.3 Å². The first kappa shape index (κ1) is 15.3. The smallest absolute Gasteiger partial charge is 0.151 e. The molecule has 2 rings (SSSR count). The summed E-state index contributed by atoms with van der Waals surface area (Å²) in [6.07, 6.45) is 7.48. The Bertz CT molecular complexity index is 377. The SMILES string of the molecule is CC(CNC1CCCCC1)N(C)C1CCS(=O)(=O)C1. The highest BCUT2D eigenvalue weighted by Gasteiger charge is 2.32. The van der Waals surface area contributed by atoms with Gasteiger partial charge in [-0.15, -0.1) is 0 Å². The molecule has 1 heterocycles. The second-order valence-electron chi connectivity index (χ2n) is 6.31. The van der Waals surface area contributed by atoms with Gasteiger partial charge in [-0.25, -0.2) is 8.42 Å². The quantitative estimate of drug-likeness (QED) is 0.831. The molecule has 1 aliphatic carbocycles. The molecule has 1 saturated heterocycles. The van der Waals surface area contributed by atoms with Gasteiger partial charge in [0.1, 0.15) is 0 Å². The van der Waals surface area contributed by atoms with Crippen LogP contribution in [0.3, 0.4) is 0 Å². The maximum Gasteiger partial charge on any atom is 0.151 e. The van der Waals surface area contributed by atoms with Crippen LogP contribution in [-0.4, -0.2) is 56.5 Å². The van der Waals surface area contributed by atoms with Crippen LogP contribution in [0.2, 0.25) is 0 Å². The van der Waals surface area contributed by atoms with Crippen molar-refractivity contribution in [3.05, 3.63) is 0 Å². The van der Waals surface area contributed by atoms with Crippen LogP contribution in [0.15, 0.2) is 0 Å². The predicted molar refractivity (Wildman–Crippen MR) is 79.2 cm³/mol. The van der Waals surface area contributed by atoms with Gasteiger partial charge in [-0.2, -0.15) is 0 Å². The Morgan fingerprint density at radius 3 is 2.47 bits per heavy atom. The van der Waals surface area contributed by atoms with Gasteiger partial charge in [0.15, 0.2) is 9.84 Å². The van der Waals surface area contributed by atoms with Gasteiger partial charge in [0.05, 0.1) is 11.5 Å². The molecule has 19 heavy (non-hydrogen) atoms. The van der Waals surface area contributed by atoms with Crippen LogP contribution in [-0.2, 0) is 9.84 Å². The topological polar surface area (TPSA) is 49.4 Å². The van der Waals surface area contributed by atoms with E-state index in [9.17, 15) is 8.42 Å². The molecule has 2 atom stereocenters. The van der Waals surface area contributed by atoms with Crippen LogP contribution in [0, 0.1) is 0 Å². The summed E-state index contributed by atoms with van der Waals surface area (Å²) in [5, 5.41) is 3.66. The maximum absolute atomic E-state index is 11.5. The number of nitrogens with one attached hydrogen (secondary N) is 1. The second-order valence-corrected chi connectivity index (χ2v) is 8.54. The molecule has 2 aliphatic rings. The van der Waals surface area contributed by atoms with E-state index < -0.39 is 9.84 Å². The van der Waals surface area contributed by atoms with Crippen LogP contribution < -0.4 is 5.32 Å². The molecule has 0 aromatic heterocycles. The lowest BCUT2D eigenvalue weighted by Crippen LogP contribution is -2.46. The van der Waals surface area contributed by atoms with E-state index in [1.807, 2.05) is 0 Å². The van der Waals surface area contributed by atoms with Crippen LogP contribution >= 0.6 is 0 Å². The number of hydrogen-bond acceptors (Lipinski definition) is 4. The van der Waals surface area contributed by atoms with Crippen LogP contribution in [0.4, 0.5) is 0 Å². The lowest BCUT2D eigenvalue weighted by Gasteiger charge is -2.32. The van der Waals surface area contributed by atoms with E-state index in [1.165, 1.54) is 32.1 Å². The molecule has 2 fully saturated rings. The number of nitrogens with zero attached hydrogens (tertiary/aromatic N) is 1. The molecule has 1 aliphatic heterocycles. The standard InChI is InChI=1S/C14H28N2O2S/c1-12(10-15-13-6-4-3-5-7-13)16(2)14-8-9-19(17,18)11-14/h12-15H,3-11H2,1-2H3. The highest BCUT2D eigenvalue weighted by molar-refractivity contribution is 7.91. The average Bonchev–Trinajstić information content (AvgIpc) is 2.76. The fourth-order valence-corrected chi connectivity index (χ4v) is 5.03. The summed E-state index contributed by atoms with van der Waals surface area (Å²) < 4.78 is 23.1. The zero-order chi connectivity index (χ0) is 13.9. The van der Waals surface area contributed by atoms with Crippen molar-refractivity contribution in [2.75, 3.05) is 25.1 Å². The molecular formula is C14H28N2O2S. The Morgan fingerprint density at radius 2 is 1.89 bits per heavy atom. The van der Waals surface area contributed by atoms with E-state index in [0.717, 1.165) is 13.0 Å². The van der Waals surface area contributed by atoms with Gasteiger partial charge in [0.2, 0.25) is 0 Å². The van der Waals surface area contributed by atoms with E-state index in [2.05, 4.69) is 24.2 Å². The summed E-state index contributed by atoms with van der Waals surface area (Å²) in [5.41, 5.74) is 0. The van der Waals surface area contributed by atoms with Crippen molar-refractivity contribution in [3.8, 4) is 0 Å². The van der Waals surface area contributed by atoms with Gasteiger partial charge in [0.25, 0.3) is 0 Å². The van der Waals surface area contributed by atoms with Gasteiger partial charge in [-0.3, -0.25) is 4.90 Å². The third kappa shape index (κ3) is 4.43. The number of likely N-dealkylation sites (N-methyl/N-ethyl adjacent to an activating group) is 1. The molecule has 0 radical (unpaired) electrons. The summed E-state index contributed by atoms with van der Waals surface area (Å²) in [4.78, 5) is 2.25. The lowest BCUT2D eigenvalue weighted by atomic mass is 9.95. The van der Waals surface area contributed by atoms with Gasteiger partial charge >= 0.3 is 0 Å². The molecule has 0 aromatic carbocycles. The van der Waals surface area contributed by atoms with Crippen molar-refractivity contribution in [1.82, 2.24) is 10.2 Å². The van der Waals surface area contributed by atoms with Crippen LogP contribution in [0.5, 0.6) is 0 Å². The normalized spacial score (nSPS) is 29.7. The van der Waals surface area contributed by atoms with Crippen molar-refractivity contribution in [2.45, 2.75) is 63.6 Å². The number of hydrogen-bond donors (Lipinski definition) is 1. The Kier molecular flexibility index (Phi) is 5.26. The highest BCUT2D eigenvalue weighted by Crippen LogP contribution is 2.19. The summed E-state index contributed by atoms with van der Waals surface area (Å²) in [6.45, 7) is 3.17. The summed E-state index contributed by atoms with van der Waals surface area (Å²) in [6, 6.07) is 1.30. The molecule has 4 nitrogen and oxygen atoms in total. The van der Waals surface area contributed by atoms with Gasteiger partial charge in [0, 0.05) is 24.7 Å². The minimum atomic E-state index is -2.77. The maximum atomic E-state index is 11.5. The lowest BCUT2D eigenvalue weighted by molar-refractivity contribution is 0.188. The molecule has 1 N–H and O–H groups in total. The Morgan fingerprint density at radius 1 is 1.21 bits per heavy atom. The highest BCUT2D eigenvalue weighted by atomic mass is 32.2. The zero-order valence-corrected chi connectivity index (χ0v) is 13.1. The number of rotatable bonds is 5. The molecule has 1 saturated carbocycles. The first-order chi connectivity index (χ1) is 8.98. The van der Waals surface area contributed by atoms with Crippen molar-refractivity contribution in [2.24, 2.45) is 0 Å². The molecule has 0 aromatic rings. The largest absolute Gasteiger partial charge is 0.312 e. The second kappa shape index (κ2) is 6.55. The van der Waals surface area contributed by atoms with Crippen molar-refractivity contribution in [3.63, 3.8) is 0 Å². The molecule has 5 heteroatoms. The molecule has 2 unspecified atom stereocenters. The summed E-state index contributed by atoms with van der Waals surface area (Å²) in [5.74, 6) is 0.710. The fourth-order valence-electron chi connectivity index (χ4n) is 3.24. The molecule has 112 valence electrons. The molecule has 0 spiro atoms. The fraction of sp³-hybridized carbons (Fsp3) is 1.00. The molecule has 0 bridgehead atoms. The average molecular weight is 288 g/mol. The first-order valence-electron chi connectivity index (χ1n) is 7.64. The third-order valence-corrected chi connectivity index (χ3v) is 6.54. The monoisotopic (exact) mass is 288 g/mol. The van der Waals surface area contributed by atoms with E-state index >= 15 is 0 Å². The van der Waals surface area contributed by atoms with E-state index in [1.54, 1.807) is 0 Å². The molecular weight excluding hydrogens is 260 g/mol. The third-order valence-electron chi connectivity index (χ3n) is 4.79.